The van der Waals surface area contributed by atoms with Crippen molar-refractivity contribution in [1.29, 1.82) is 0 Å². The molecule has 2 N–H and O–H groups in total. The minimum atomic E-state index is 0.495. The Morgan fingerprint density at radius 2 is 2.15 bits per heavy atom. The van der Waals surface area contributed by atoms with Gasteiger partial charge in [-0.2, -0.15) is 0 Å². The van der Waals surface area contributed by atoms with E-state index in [4.69, 9.17) is 5.73 Å². The van der Waals surface area contributed by atoms with Crippen LogP contribution in [0.25, 0.3) is 11.5 Å². The molecule has 0 saturated heterocycles. The zero-order valence-electron chi connectivity index (χ0n) is 11.7. The van der Waals surface area contributed by atoms with Crippen LogP contribution in [0.1, 0.15) is 38.4 Å². The zero-order valence-corrected chi connectivity index (χ0v) is 13.3. The molecule has 1 saturated carbocycles. The van der Waals surface area contributed by atoms with Gasteiger partial charge in [0.15, 0.2) is 5.82 Å². The van der Waals surface area contributed by atoms with Crippen LogP contribution in [0.15, 0.2) is 17.0 Å². The number of halogens is 1. The largest absolute Gasteiger partial charge is 0.383 e. The van der Waals surface area contributed by atoms with Gasteiger partial charge in [-0.1, -0.05) is 13.8 Å². The lowest BCUT2D eigenvalue weighted by molar-refractivity contribution is 0.632. The number of nitrogens with two attached hydrogens (primary N) is 1. The quantitative estimate of drug-likeness (QED) is 0.931. The second-order valence-corrected chi connectivity index (χ2v) is 6.50. The summed E-state index contributed by atoms with van der Waals surface area (Å²) in [6.07, 6.45) is 6.96. The second-order valence-electron chi connectivity index (χ2n) is 5.71. The fraction of sp³-hybridized carbons (Fsp3) is 0.500. The Morgan fingerprint density at radius 1 is 1.40 bits per heavy atom. The lowest BCUT2D eigenvalue weighted by Crippen LogP contribution is -2.07. The predicted molar refractivity (Wildman–Crippen MR) is 82.2 cm³/mol. The van der Waals surface area contributed by atoms with Crippen molar-refractivity contribution in [3.63, 3.8) is 0 Å². The maximum Gasteiger partial charge on any atom is 0.180 e. The Labute approximate surface area is 126 Å². The summed E-state index contributed by atoms with van der Waals surface area (Å²) in [5.74, 6) is 1.68. The predicted octanol–water partition coefficient (Wildman–Crippen LogP) is 3.22. The van der Waals surface area contributed by atoms with E-state index in [0.717, 1.165) is 22.3 Å². The van der Waals surface area contributed by atoms with E-state index >= 15 is 0 Å². The topological polar surface area (TPSA) is 69.6 Å². The molecule has 1 aliphatic carbocycles. The van der Waals surface area contributed by atoms with Crippen LogP contribution < -0.4 is 5.73 Å². The Kier molecular flexibility index (Phi) is 3.50. The van der Waals surface area contributed by atoms with E-state index in [1.807, 2.05) is 12.5 Å². The molecule has 0 bridgehead atoms. The number of rotatable bonds is 4. The molecular formula is C14H18BrN5. The third-order valence-corrected chi connectivity index (χ3v) is 4.25. The van der Waals surface area contributed by atoms with Gasteiger partial charge in [0.2, 0.25) is 0 Å². The fourth-order valence-electron chi connectivity index (χ4n) is 2.27. The fourth-order valence-corrected chi connectivity index (χ4v) is 2.61. The molecule has 0 aliphatic heterocycles. The summed E-state index contributed by atoms with van der Waals surface area (Å²) < 4.78 is 2.97. The Balaban J connectivity index is 2.04. The van der Waals surface area contributed by atoms with Crippen molar-refractivity contribution in [2.75, 3.05) is 5.73 Å². The molecule has 1 aliphatic rings. The van der Waals surface area contributed by atoms with Gasteiger partial charge >= 0.3 is 0 Å². The van der Waals surface area contributed by atoms with Gasteiger partial charge in [-0.15, -0.1) is 0 Å². The third-order valence-electron chi connectivity index (χ3n) is 3.38. The van der Waals surface area contributed by atoms with Gasteiger partial charge in [0.05, 0.1) is 22.7 Å². The maximum absolute atomic E-state index is 6.02. The highest BCUT2D eigenvalue weighted by Gasteiger charge is 2.27. The molecule has 20 heavy (non-hydrogen) atoms. The van der Waals surface area contributed by atoms with Crippen molar-refractivity contribution in [3.8, 4) is 11.5 Å². The number of nitrogen functional groups attached to an aromatic ring is 1. The molecule has 6 heteroatoms. The first-order valence-corrected chi connectivity index (χ1v) is 7.69. The minimum absolute atomic E-state index is 0.495. The molecule has 1 fully saturated rings. The van der Waals surface area contributed by atoms with E-state index in [1.165, 1.54) is 12.8 Å². The molecule has 0 unspecified atom stereocenters. The Bertz CT molecular complexity index is 630. The first-order chi connectivity index (χ1) is 9.56. The van der Waals surface area contributed by atoms with Crippen molar-refractivity contribution < 1.29 is 0 Å². The standard InChI is InChI=1S/C14H18BrN5/c1-8(2)5-10-12(15)13(16)19-14(18-10)11-6-17-7-20(11)9-3-4-9/h6-9H,3-5H2,1-2H3,(H2,16,18,19). The number of anilines is 1. The summed E-state index contributed by atoms with van der Waals surface area (Å²) >= 11 is 3.49. The average Bonchev–Trinajstić information content (AvgIpc) is 3.12. The van der Waals surface area contributed by atoms with Crippen molar-refractivity contribution in [2.24, 2.45) is 5.92 Å². The van der Waals surface area contributed by atoms with Crippen LogP contribution in [0.2, 0.25) is 0 Å². The molecule has 0 atom stereocenters. The second kappa shape index (κ2) is 5.16. The van der Waals surface area contributed by atoms with Gasteiger partial charge in [-0.05, 0) is 41.1 Å². The smallest absolute Gasteiger partial charge is 0.180 e. The van der Waals surface area contributed by atoms with Crippen molar-refractivity contribution in [1.82, 2.24) is 19.5 Å². The molecule has 0 radical (unpaired) electrons. The van der Waals surface area contributed by atoms with E-state index in [0.29, 0.717) is 23.6 Å². The van der Waals surface area contributed by atoms with Crippen LogP contribution in [0, 0.1) is 5.92 Å². The van der Waals surface area contributed by atoms with E-state index in [9.17, 15) is 0 Å². The Hall–Kier alpha value is -1.43. The first-order valence-electron chi connectivity index (χ1n) is 6.90. The maximum atomic E-state index is 6.02. The van der Waals surface area contributed by atoms with Gasteiger partial charge in [0.25, 0.3) is 0 Å². The van der Waals surface area contributed by atoms with Gasteiger partial charge < -0.3 is 10.3 Å². The Morgan fingerprint density at radius 3 is 2.80 bits per heavy atom. The van der Waals surface area contributed by atoms with E-state index < -0.39 is 0 Å². The van der Waals surface area contributed by atoms with E-state index in [1.54, 1.807) is 0 Å². The monoisotopic (exact) mass is 335 g/mol. The third kappa shape index (κ3) is 2.57. The highest BCUT2D eigenvalue weighted by molar-refractivity contribution is 9.10. The van der Waals surface area contributed by atoms with Crippen LogP contribution in [0.4, 0.5) is 5.82 Å². The van der Waals surface area contributed by atoms with Crippen LogP contribution in [0.5, 0.6) is 0 Å². The van der Waals surface area contributed by atoms with Crippen molar-refractivity contribution in [3.05, 3.63) is 22.7 Å². The van der Waals surface area contributed by atoms with Crippen LogP contribution in [-0.2, 0) is 6.42 Å². The molecule has 5 nitrogen and oxygen atoms in total. The molecule has 0 spiro atoms. The summed E-state index contributed by atoms with van der Waals surface area (Å²) in [4.78, 5) is 13.3. The normalized spacial score (nSPS) is 15.0. The lowest BCUT2D eigenvalue weighted by atomic mass is 10.1. The molecule has 2 aromatic heterocycles. The number of aromatic nitrogens is 4. The number of imidazole rings is 1. The summed E-state index contributed by atoms with van der Waals surface area (Å²) in [6.45, 7) is 4.33. The van der Waals surface area contributed by atoms with E-state index in [2.05, 4.69) is 49.3 Å². The number of nitrogens with zero attached hydrogens (tertiary/aromatic N) is 4. The summed E-state index contributed by atoms with van der Waals surface area (Å²) in [7, 11) is 0. The number of hydrogen-bond donors (Lipinski definition) is 1. The summed E-state index contributed by atoms with van der Waals surface area (Å²) in [6, 6.07) is 0.550. The minimum Gasteiger partial charge on any atom is -0.383 e. The van der Waals surface area contributed by atoms with Gasteiger partial charge in [-0.3, -0.25) is 0 Å². The molecule has 0 amide bonds. The molecule has 0 aromatic carbocycles. The molecule has 2 heterocycles. The summed E-state index contributed by atoms with van der Waals surface area (Å²) in [5, 5.41) is 0. The van der Waals surface area contributed by atoms with Gasteiger partial charge in [0, 0.05) is 6.04 Å². The average molecular weight is 336 g/mol. The number of hydrogen-bond acceptors (Lipinski definition) is 4. The van der Waals surface area contributed by atoms with Gasteiger partial charge in [-0.25, -0.2) is 15.0 Å². The van der Waals surface area contributed by atoms with E-state index in [-0.39, 0.29) is 0 Å². The van der Waals surface area contributed by atoms with Crippen molar-refractivity contribution >= 4 is 21.7 Å². The van der Waals surface area contributed by atoms with Gasteiger partial charge in [0.1, 0.15) is 11.5 Å². The molecular weight excluding hydrogens is 318 g/mol. The zero-order chi connectivity index (χ0) is 14.3. The SMILES string of the molecule is CC(C)Cc1nc(-c2cncn2C2CC2)nc(N)c1Br. The summed E-state index contributed by atoms with van der Waals surface area (Å²) in [5.41, 5.74) is 7.94. The first kappa shape index (κ1) is 13.5. The van der Waals surface area contributed by atoms with Crippen molar-refractivity contribution in [2.45, 2.75) is 39.2 Å². The lowest BCUT2D eigenvalue weighted by Gasteiger charge is -2.11. The van der Waals surface area contributed by atoms with Crippen LogP contribution >= 0.6 is 15.9 Å². The highest BCUT2D eigenvalue weighted by Crippen LogP contribution is 2.38. The molecule has 3 rings (SSSR count). The molecule has 2 aromatic rings. The molecule has 106 valence electrons. The van der Waals surface area contributed by atoms with Crippen LogP contribution in [0.3, 0.4) is 0 Å². The van der Waals surface area contributed by atoms with Crippen LogP contribution in [-0.4, -0.2) is 19.5 Å². The highest BCUT2D eigenvalue weighted by atomic mass is 79.9.